The highest BCUT2D eigenvalue weighted by Gasteiger charge is 2.36. The van der Waals surface area contributed by atoms with Gasteiger partial charge in [0.05, 0.1) is 12.2 Å². The zero-order valence-corrected chi connectivity index (χ0v) is 20.3. The molecule has 0 atom stereocenters. The SMILES string of the molecule is CO[Si](CCCNC(=O)CCC(=O)N1Cc2ccccc2C#Cc2ccccc21)(OC)OC. The third kappa shape index (κ3) is 6.30. The smallest absolute Gasteiger partial charge is 0.377 e. The van der Waals surface area contributed by atoms with Crippen LogP contribution < -0.4 is 10.2 Å². The summed E-state index contributed by atoms with van der Waals surface area (Å²) < 4.78 is 16.2. The number of anilines is 1. The van der Waals surface area contributed by atoms with E-state index in [1.165, 1.54) is 0 Å². The number of carbonyl (C=O) groups excluding carboxylic acids is 2. The van der Waals surface area contributed by atoms with Gasteiger partial charge in [-0.05, 0) is 30.2 Å². The molecule has 0 saturated carbocycles. The molecule has 174 valence electrons. The van der Waals surface area contributed by atoms with Crippen LogP contribution in [0.15, 0.2) is 48.5 Å². The summed E-state index contributed by atoms with van der Waals surface area (Å²) in [6.45, 7) is 0.882. The lowest BCUT2D eigenvalue weighted by Crippen LogP contribution is -2.43. The zero-order valence-electron chi connectivity index (χ0n) is 19.3. The van der Waals surface area contributed by atoms with Gasteiger partial charge in [0, 0.05) is 57.9 Å². The first kappa shape index (κ1) is 24.7. The highest BCUT2D eigenvalue weighted by Crippen LogP contribution is 2.26. The molecule has 0 saturated heterocycles. The number of carbonyl (C=O) groups is 2. The Hall–Kier alpha value is -2.96. The lowest BCUT2D eigenvalue weighted by atomic mass is 10.0. The number of nitrogens with zero attached hydrogens (tertiary/aromatic N) is 1. The minimum absolute atomic E-state index is 0.110. The highest BCUT2D eigenvalue weighted by molar-refractivity contribution is 6.60. The van der Waals surface area contributed by atoms with Gasteiger partial charge in [-0.25, -0.2) is 0 Å². The lowest BCUT2D eigenvalue weighted by Gasteiger charge is -2.26. The molecule has 8 heteroatoms. The Kier molecular flexibility index (Phi) is 8.80. The molecule has 3 rings (SSSR count). The molecule has 1 aliphatic heterocycles. The van der Waals surface area contributed by atoms with Crippen molar-refractivity contribution in [3.05, 3.63) is 65.2 Å². The molecule has 0 aromatic heterocycles. The Morgan fingerprint density at radius 2 is 1.58 bits per heavy atom. The first-order chi connectivity index (χ1) is 16.0. The Morgan fingerprint density at radius 3 is 2.30 bits per heavy atom. The molecule has 0 fully saturated rings. The van der Waals surface area contributed by atoms with Gasteiger partial charge < -0.3 is 23.5 Å². The molecule has 1 aliphatic rings. The summed E-state index contributed by atoms with van der Waals surface area (Å²) in [6, 6.07) is 16.0. The fourth-order valence-corrected chi connectivity index (χ4v) is 5.46. The zero-order chi connectivity index (χ0) is 23.7. The second-order valence-electron chi connectivity index (χ2n) is 7.65. The van der Waals surface area contributed by atoms with Crippen LogP contribution in [0.4, 0.5) is 5.69 Å². The molecule has 2 amide bonds. The van der Waals surface area contributed by atoms with Crippen LogP contribution in [0.3, 0.4) is 0 Å². The van der Waals surface area contributed by atoms with E-state index in [9.17, 15) is 9.59 Å². The average Bonchev–Trinajstić information content (AvgIpc) is 2.84. The number of amides is 2. The van der Waals surface area contributed by atoms with Crippen molar-refractivity contribution >= 4 is 26.3 Å². The second-order valence-corrected chi connectivity index (χ2v) is 10.7. The van der Waals surface area contributed by atoms with Gasteiger partial charge in [0.2, 0.25) is 11.8 Å². The first-order valence-electron chi connectivity index (χ1n) is 10.9. The maximum atomic E-state index is 13.2. The Bertz CT molecular complexity index is 1030. The van der Waals surface area contributed by atoms with Gasteiger partial charge >= 0.3 is 8.80 Å². The van der Waals surface area contributed by atoms with Crippen LogP contribution >= 0.6 is 0 Å². The maximum absolute atomic E-state index is 13.2. The largest absolute Gasteiger partial charge is 0.500 e. The molecular formula is C25H30N2O5Si. The predicted molar refractivity (Wildman–Crippen MR) is 129 cm³/mol. The third-order valence-electron chi connectivity index (χ3n) is 5.65. The van der Waals surface area contributed by atoms with Crippen LogP contribution in [0.1, 0.15) is 36.0 Å². The third-order valence-corrected chi connectivity index (χ3v) is 8.49. The number of rotatable bonds is 10. The van der Waals surface area contributed by atoms with Crippen LogP contribution in [0.5, 0.6) is 0 Å². The summed E-state index contributed by atoms with van der Waals surface area (Å²) in [5.41, 5.74) is 3.46. The molecule has 0 spiro atoms. The van der Waals surface area contributed by atoms with E-state index in [4.69, 9.17) is 13.3 Å². The molecular weight excluding hydrogens is 436 g/mol. The van der Waals surface area contributed by atoms with E-state index in [1.54, 1.807) is 26.2 Å². The maximum Gasteiger partial charge on any atom is 0.500 e. The van der Waals surface area contributed by atoms with Crippen molar-refractivity contribution in [2.45, 2.75) is 31.9 Å². The van der Waals surface area contributed by atoms with Gasteiger partial charge in [0.1, 0.15) is 0 Å². The highest BCUT2D eigenvalue weighted by atomic mass is 28.4. The Labute approximate surface area is 196 Å². The van der Waals surface area contributed by atoms with Gasteiger partial charge in [0.25, 0.3) is 0 Å². The van der Waals surface area contributed by atoms with Crippen molar-refractivity contribution in [3.63, 3.8) is 0 Å². The van der Waals surface area contributed by atoms with Gasteiger partial charge in [-0.2, -0.15) is 0 Å². The lowest BCUT2D eigenvalue weighted by molar-refractivity contribution is -0.125. The molecule has 1 heterocycles. The number of hydrogen-bond acceptors (Lipinski definition) is 5. The summed E-state index contributed by atoms with van der Waals surface area (Å²) >= 11 is 0. The Morgan fingerprint density at radius 1 is 0.939 bits per heavy atom. The van der Waals surface area contributed by atoms with Crippen molar-refractivity contribution in [3.8, 4) is 11.8 Å². The van der Waals surface area contributed by atoms with Crippen LogP contribution in [0, 0.1) is 11.8 Å². The molecule has 33 heavy (non-hydrogen) atoms. The molecule has 0 bridgehead atoms. The molecule has 2 aromatic rings. The number of hydrogen-bond donors (Lipinski definition) is 1. The van der Waals surface area contributed by atoms with E-state index in [0.29, 0.717) is 25.6 Å². The minimum atomic E-state index is -2.64. The van der Waals surface area contributed by atoms with E-state index >= 15 is 0 Å². The summed E-state index contributed by atoms with van der Waals surface area (Å²) in [5.74, 6) is 6.11. The minimum Gasteiger partial charge on any atom is -0.377 e. The van der Waals surface area contributed by atoms with Crippen molar-refractivity contribution in [1.29, 1.82) is 0 Å². The van der Waals surface area contributed by atoms with Gasteiger partial charge in [-0.1, -0.05) is 42.2 Å². The summed E-state index contributed by atoms with van der Waals surface area (Å²) in [4.78, 5) is 27.2. The van der Waals surface area contributed by atoms with Crippen molar-refractivity contribution in [2.24, 2.45) is 0 Å². The summed E-state index contributed by atoms with van der Waals surface area (Å²) in [7, 11) is 2.05. The molecule has 7 nitrogen and oxygen atoms in total. The monoisotopic (exact) mass is 466 g/mol. The van der Waals surface area contributed by atoms with E-state index in [2.05, 4.69) is 17.2 Å². The van der Waals surface area contributed by atoms with Gasteiger partial charge in [-0.3, -0.25) is 9.59 Å². The van der Waals surface area contributed by atoms with E-state index < -0.39 is 8.80 Å². The standard InChI is InChI=1S/C25H30N2O5Si/c1-30-33(31-2,32-3)18-8-17-26-24(28)15-16-25(29)27-19-22-11-5-4-9-20(22)13-14-21-10-6-7-12-23(21)27/h4-7,9-12H,8,15-19H2,1-3H3,(H,26,28). The number of benzene rings is 2. The van der Waals surface area contributed by atoms with Crippen LogP contribution in [-0.2, 0) is 29.4 Å². The van der Waals surface area contributed by atoms with Gasteiger partial charge in [-0.15, -0.1) is 0 Å². The van der Waals surface area contributed by atoms with Crippen molar-refractivity contribution in [1.82, 2.24) is 5.32 Å². The fraction of sp³-hybridized carbons (Fsp3) is 0.360. The Balaban J connectivity index is 1.59. The van der Waals surface area contributed by atoms with Crippen molar-refractivity contribution < 1.29 is 22.9 Å². The number of fused-ring (bicyclic) bond motifs is 2. The normalized spacial score (nSPS) is 12.5. The molecule has 0 aliphatic carbocycles. The quantitative estimate of drug-likeness (QED) is 0.331. The van der Waals surface area contributed by atoms with Crippen LogP contribution in [0.2, 0.25) is 6.04 Å². The molecule has 0 unspecified atom stereocenters. The van der Waals surface area contributed by atoms with Gasteiger partial charge in [0.15, 0.2) is 0 Å². The van der Waals surface area contributed by atoms with Crippen LogP contribution in [-0.4, -0.2) is 48.5 Å². The van der Waals surface area contributed by atoms with E-state index in [-0.39, 0.29) is 24.7 Å². The molecule has 0 radical (unpaired) electrons. The van der Waals surface area contributed by atoms with E-state index in [1.807, 2.05) is 48.5 Å². The fourth-order valence-electron chi connectivity index (χ4n) is 3.74. The second kappa shape index (κ2) is 11.8. The number of nitrogens with one attached hydrogen (secondary N) is 1. The summed E-state index contributed by atoms with van der Waals surface area (Å²) in [5, 5.41) is 2.87. The average molecular weight is 467 g/mol. The van der Waals surface area contributed by atoms with Crippen molar-refractivity contribution in [2.75, 3.05) is 32.8 Å². The molecule has 1 N–H and O–H groups in total. The molecule has 2 aromatic carbocycles. The van der Waals surface area contributed by atoms with Crippen LogP contribution in [0.25, 0.3) is 0 Å². The number of para-hydroxylation sites is 1. The summed E-state index contributed by atoms with van der Waals surface area (Å²) in [6.07, 6.45) is 0.894. The topological polar surface area (TPSA) is 77.1 Å². The first-order valence-corrected chi connectivity index (χ1v) is 12.9. The van der Waals surface area contributed by atoms with E-state index in [0.717, 1.165) is 22.4 Å². The predicted octanol–water partition coefficient (Wildman–Crippen LogP) is 3.10.